The molecule has 8 nitrogen and oxygen atoms in total. The summed E-state index contributed by atoms with van der Waals surface area (Å²) in [5.41, 5.74) is 0.203. The minimum atomic E-state index is -0.974. The highest BCUT2D eigenvalue weighted by molar-refractivity contribution is 5.96. The van der Waals surface area contributed by atoms with Crippen LogP contribution in [0.1, 0.15) is 60.2 Å². The van der Waals surface area contributed by atoms with E-state index in [9.17, 15) is 19.8 Å². The SMILES string of the molecule is CC1(C)OC(=O)c2c(O)cccc2O1.COC(=O)c1c(O)cccc1OC1CCCC1. The summed E-state index contributed by atoms with van der Waals surface area (Å²) < 4.78 is 20.7. The molecule has 0 aromatic heterocycles. The number of hydrogen-bond donors (Lipinski definition) is 2. The van der Waals surface area contributed by atoms with Crippen LogP contribution in [0.4, 0.5) is 0 Å². The molecule has 2 aromatic carbocycles. The van der Waals surface area contributed by atoms with Crippen LogP contribution >= 0.6 is 0 Å². The van der Waals surface area contributed by atoms with Crippen molar-refractivity contribution < 1.29 is 38.7 Å². The molecule has 0 saturated heterocycles. The Kier molecular flexibility index (Phi) is 6.58. The number of aromatic hydroxyl groups is 2. The number of benzene rings is 2. The zero-order valence-corrected chi connectivity index (χ0v) is 17.7. The Balaban J connectivity index is 0.000000179. The molecule has 2 aliphatic rings. The van der Waals surface area contributed by atoms with Crippen LogP contribution in [0.5, 0.6) is 23.0 Å². The van der Waals surface area contributed by atoms with Crippen molar-refractivity contribution in [2.75, 3.05) is 7.11 Å². The molecule has 166 valence electrons. The summed E-state index contributed by atoms with van der Waals surface area (Å²) in [7, 11) is 1.29. The van der Waals surface area contributed by atoms with Crippen LogP contribution in [0.25, 0.3) is 0 Å². The lowest BCUT2D eigenvalue weighted by Crippen LogP contribution is -2.38. The fraction of sp³-hybridized carbons (Fsp3) is 0.391. The van der Waals surface area contributed by atoms with Gasteiger partial charge in [0, 0.05) is 13.8 Å². The van der Waals surface area contributed by atoms with Gasteiger partial charge in [0.2, 0.25) is 5.79 Å². The van der Waals surface area contributed by atoms with Gasteiger partial charge >= 0.3 is 11.9 Å². The summed E-state index contributed by atoms with van der Waals surface area (Å²) >= 11 is 0. The van der Waals surface area contributed by atoms with Gasteiger partial charge in [-0.1, -0.05) is 12.1 Å². The third-order valence-electron chi connectivity index (χ3n) is 4.89. The van der Waals surface area contributed by atoms with E-state index in [1.54, 1.807) is 38.1 Å². The first-order valence-electron chi connectivity index (χ1n) is 10.0. The highest BCUT2D eigenvalue weighted by Crippen LogP contribution is 2.36. The van der Waals surface area contributed by atoms with Crippen LogP contribution in [0.2, 0.25) is 0 Å². The van der Waals surface area contributed by atoms with E-state index in [1.807, 2.05) is 0 Å². The van der Waals surface area contributed by atoms with E-state index < -0.39 is 17.7 Å². The lowest BCUT2D eigenvalue weighted by atomic mass is 10.1. The fourth-order valence-electron chi connectivity index (χ4n) is 3.48. The van der Waals surface area contributed by atoms with Crippen LogP contribution < -0.4 is 9.47 Å². The fourth-order valence-corrected chi connectivity index (χ4v) is 3.48. The molecule has 0 unspecified atom stereocenters. The van der Waals surface area contributed by atoms with Gasteiger partial charge < -0.3 is 29.2 Å². The first-order chi connectivity index (χ1) is 14.7. The van der Waals surface area contributed by atoms with Crippen LogP contribution in [-0.2, 0) is 9.47 Å². The average molecular weight is 430 g/mol. The van der Waals surface area contributed by atoms with Crippen LogP contribution in [-0.4, -0.2) is 41.2 Å². The van der Waals surface area contributed by atoms with Gasteiger partial charge in [0.15, 0.2) is 0 Å². The summed E-state index contributed by atoms with van der Waals surface area (Å²) in [5.74, 6) is -1.58. The van der Waals surface area contributed by atoms with E-state index in [-0.39, 0.29) is 28.7 Å². The van der Waals surface area contributed by atoms with Crippen LogP contribution in [0.3, 0.4) is 0 Å². The average Bonchev–Trinajstić information content (AvgIpc) is 3.20. The Bertz CT molecular complexity index is 960. The molecular formula is C23H26O8. The minimum absolute atomic E-state index is 0.0897. The van der Waals surface area contributed by atoms with Crippen molar-refractivity contribution in [1.29, 1.82) is 0 Å². The van der Waals surface area contributed by atoms with Gasteiger partial charge in [-0.25, -0.2) is 9.59 Å². The topological polar surface area (TPSA) is 112 Å². The third-order valence-corrected chi connectivity index (χ3v) is 4.89. The van der Waals surface area contributed by atoms with Crippen molar-refractivity contribution in [3.8, 4) is 23.0 Å². The van der Waals surface area contributed by atoms with Gasteiger partial charge in [0.05, 0.1) is 13.2 Å². The number of methoxy groups -OCH3 is 1. The second-order valence-electron chi connectivity index (χ2n) is 7.71. The number of esters is 2. The monoisotopic (exact) mass is 430 g/mol. The lowest BCUT2D eigenvalue weighted by molar-refractivity contribution is -0.127. The van der Waals surface area contributed by atoms with Gasteiger partial charge in [-0.05, 0) is 49.9 Å². The molecule has 2 aromatic rings. The maximum absolute atomic E-state index is 11.6. The van der Waals surface area contributed by atoms with Crippen molar-refractivity contribution in [1.82, 2.24) is 0 Å². The Morgan fingerprint density at radius 2 is 1.68 bits per heavy atom. The second kappa shape index (κ2) is 9.16. The molecule has 1 saturated carbocycles. The summed E-state index contributed by atoms with van der Waals surface area (Å²) in [5, 5.41) is 19.1. The number of rotatable bonds is 3. The summed E-state index contributed by atoms with van der Waals surface area (Å²) in [6, 6.07) is 9.45. The zero-order valence-electron chi connectivity index (χ0n) is 17.7. The number of carbonyl (C=O) groups excluding carboxylic acids is 2. The maximum atomic E-state index is 11.6. The number of cyclic esters (lactones) is 1. The number of phenolic OH excluding ortho intramolecular Hbond substituents is 2. The van der Waals surface area contributed by atoms with Crippen molar-refractivity contribution >= 4 is 11.9 Å². The molecule has 1 fully saturated rings. The number of fused-ring (bicyclic) bond motifs is 1. The van der Waals surface area contributed by atoms with Crippen molar-refractivity contribution in [2.45, 2.75) is 51.4 Å². The predicted molar refractivity (Wildman–Crippen MR) is 111 cm³/mol. The number of ether oxygens (including phenoxy) is 4. The van der Waals surface area contributed by atoms with Gasteiger partial charge in [-0.2, -0.15) is 0 Å². The van der Waals surface area contributed by atoms with Gasteiger partial charge in [0.25, 0.3) is 0 Å². The molecule has 0 radical (unpaired) electrons. The molecule has 1 aliphatic carbocycles. The van der Waals surface area contributed by atoms with Gasteiger partial charge in [0.1, 0.15) is 34.1 Å². The Labute approximate surface area is 180 Å². The van der Waals surface area contributed by atoms with Crippen molar-refractivity contribution in [3.05, 3.63) is 47.5 Å². The smallest absolute Gasteiger partial charge is 0.349 e. The first kappa shape index (κ1) is 22.3. The minimum Gasteiger partial charge on any atom is -0.507 e. The molecule has 1 aliphatic heterocycles. The largest absolute Gasteiger partial charge is 0.507 e. The molecular weight excluding hydrogens is 404 g/mol. The van der Waals surface area contributed by atoms with Crippen LogP contribution in [0.15, 0.2) is 36.4 Å². The summed E-state index contributed by atoms with van der Waals surface area (Å²) in [6.07, 6.45) is 4.43. The Morgan fingerprint density at radius 1 is 1.03 bits per heavy atom. The summed E-state index contributed by atoms with van der Waals surface area (Å²) in [6.45, 7) is 3.27. The predicted octanol–water partition coefficient (Wildman–Crippen LogP) is 4.18. The van der Waals surface area contributed by atoms with E-state index in [1.165, 1.54) is 19.2 Å². The number of hydrogen-bond acceptors (Lipinski definition) is 8. The van der Waals surface area contributed by atoms with E-state index in [4.69, 9.17) is 14.2 Å². The maximum Gasteiger partial charge on any atom is 0.349 e. The first-order valence-corrected chi connectivity index (χ1v) is 10.0. The molecule has 8 heteroatoms. The van der Waals surface area contributed by atoms with Crippen molar-refractivity contribution in [2.24, 2.45) is 0 Å². The van der Waals surface area contributed by atoms with E-state index in [0.717, 1.165) is 25.7 Å². The standard InChI is InChI=1S/C13H16O4.C10H10O4/c1-16-13(15)12-10(14)7-4-8-11(12)17-9-5-2-3-6-9;1-10(2)13-7-5-3-4-6(11)8(7)9(12)14-10/h4,7-9,14H,2-3,5-6H2,1H3;3-5,11H,1-2H3. The number of carbonyl (C=O) groups is 2. The van der Waals surface area contributed by atoms with E-state index >= 15 is 0 Å². The number of phenols is 2. The molecule has 0 spiro atoms. The second-order valence-corrected chi connectivity index (χ2v) is 7.71. The Morgan fingerprint density at radius 3 is 2.35 bits per heavy atom. The molecule has 1 heterocycles. The molecule has 0 atom stereocenters. The summed E-state index contributed by atoms with van der Waals surface area (Å²) in [4.78, 5) is 23.0. The van der Waals surface area contributed by atoms with Gasteiger partial charge in [-0.15, -0.1) is 0 Å². The lowest BCUT2D eigenvalue weighted by Gasteiger charge is -2.31. The third kappa shape index (κ3) is 5.20. The highest BCUT2D eigenvalue weighted by atomic mass is 16.7. The van der Waals surface area contributed by atoms with E-state index in [2.05, 4.69) is 4.74 Å². The molecule has 31 heavy (non-hydrogen) atoms. The molecule has 0 bridgehead atoms. The van der Waals surface area contributed by atoms with Crippen LogP contribution in [0, 0.1) is 0 Å². The van der Waals surface area contributed by atoms with Gasteiger partial charge in [-0.3, -0.25) is 0 Å². The Hall–Kier alpha value is -3.42. The molecule has 0 amide bonds. The zero-order chi connectivity index (χ0) is 22.6. The molecule has 4 rings (SSSR count). The normalized spacial score (nSPS) is 16.8. The highest BCUT2D eigenvalue weighted by Gasteiger charge is 2.35. The quantitative estimate of drug-likeness (QED) is 0.698. The molecule has 2 N–H and O–H groups in total. The van der Waals surface area contributed by atoms with E-state index in [0.29, 0.717) is 11.5 Å². The van der Waals surface area contributed by atoms with Crippen molar-refractivity contribution in [3.63, 3.8) is 0 Å².